The number of benzene rings is 1. The highest BCUT2D eigenvalue weighted by Gasteiger charge is 2.46. The van der Waals surface area contributed by atoms with Crippen LogP contribution in [0.25, 0.3) is 20.8 Å². The van der Waals surface area contributed by atoms with Crippen LogP contribution in [0.1, 0.15) is 25.0 Å². The Morgan fingerprint density at radius 3 is 2.52 bits per heavy atom. The Balaban J connectivity index is 1.54. The van der Waals surface area contributed by atoms with Crippen molar-refractivity contribution >= 4 is 33.3 Å². The van der Waals surface area contributed by atoms with Crippen LogP contribution in [0.15, 0.2) is 24.3 Å². The molecule has 0 bridgehead atoms. The van der Waals surface area contributed by atoms with Crippen LogP contribution < -0.4 is 10.6 Å². The lowest BCUT2D eigenvalue weighted by Crippen LogP contribution is -2.36. The van der Waals surface area contributed by atoms with Crippen molar-refractivity contribution in [1.29, 1.82) is 0 Å². The lowest BCUT2D eigenvalue weighted by atomic mass is 10.1. The molecule has 5 rings (SSSR count). The van der Waals surface area contributed by atoms with E-state index in [0.717, 1.165) is 23.1 Å². The summed E-state index contributed by atoms with van der Waals surface area (Å²) in [5.74, 6) is -0.419. The number of aliphatic hydroxyl groups excluding tert-OH is 2. The van der Waals surface area contributed by atoms with Crippen LogP contribution >= 0.6 is 11.3 Å². The van der Waals surface area contributed by atoms with Gasteiger partial charge in [0.25, 0.3) is 0 Å². The summed E-state index contributed by atoms with van der Waals surface area (Å²) in [6, 6.07) is 7.33. The van der Waals surface area contributed by atoms with Crippen LogP contribution in [0.3, 0.4) is 0 Å². The highest BCUT2D eigenvalue weighted by Crippen LogP contribution is 2.39. The number of thiazole rings is 1. The topological polar surface area (TPSA) is 103 Å². The Labute approximate surface area is 181 Å². The summed E-state index contributed by atoms with van der Waals surface area (Å²) in [7, 11) is 0. The number of aromatic nitrogens is 3. The molecule has 2 aromatic heterocycles. The number of nitrogens with zero attached hydrogens (tertiary/aromatic N) is 3. The van der Waals surface area contributed by atoms with E-state index in [1.165, 1.54) is 11.3 Å². The molecule has 0 radical (unpaired) electrons. The molecule has 2 aliphatic rings. The van der Waals surface area contributed by atoms with Gasteiger partial charge in [0.2, 0.25) is 12.4 Å². The maximum Gasteiger partial charge on any atom is 0.244 e. The number of rotatable bonds is 6. The zero-order valence-corrected chi connectivity index (χ0v) is 17.6. The fourth-order valence-corrected chi connectivity index (χ4v) is 5.09. The van der Waals surface area contributed by atoms with Gasteiger partial charge in [0.05, 0.1) is 39.5 Å². The van der Waals surface area contributed by atoms with Gasteiger partial charge in [0, 0.05) is 6.04 Å². The monoisotopic (exact) mass is 447 g/mol. The van der Waals surface area contributed by atoms with Crippen molar-refractivity contribution in [2.45, 2.75) is 56.9 Å². The van der Waals surface area contributed by atoms with E-state index in [2.05, 4.69) is 20.6 Å². The number of para-hydroxylation sites is 1. The van der Waals surface area contributed by atoms with Gasteiger partial charge in [-0.2, -0.15) is 4.98 Å². The van der Waals surface area contributed by atoms with Crippen LogP contribution in [0, 0.1) is 12.8 Å². The number of aliphatic hydroxyl groups is 2. The van der Waals surface area contributed by atoms with Crippen molar-refractivity contribution in [3.8, 4) is 10.6 Å². The van der Waals surface area contributed by atoms with Crippen LogP contribution in [0.4, 0.5) is 20.5 Å². The van der Waals surface area contributed by atoms with Gasteiger partial charge in [-0.05, 0) is 38.3 Å². The maximum atomic E-state index is 13.3. The SMILES string of the molecule is Cc1nc(NC2CC2)nc(N[C@@H]2C[C@H](C(F)F)[C@@H](O)[C@H]2O)c1-c1nc2ccccc2s1. The molecule has 2 aliphatic carbocycles. The molecule has 7 nitrogen and oxygen atoms in total. The number of anilines is 2. The molecule has 1 aromatic carbocycles. The molecule has 0 amide bonds. The second-order valence-corrected chi connectivity index (χ2v) is 9.26. The average molecular weight is 448 g/mol. The summed E-state index contributed by atoms with van der Waals surface area (Å²) in [6.07, 6.45) is -3.48. The first-order valence-corrected chi connectivity index (χ1v) is 11.1. The molecule has 164 valence electrons. The summed E-state index contributed by atoms with van der Waals surface area (Å²) in [4.78, 5) is 13.9. The Morgan fingerprint density at radius 2 is 1.84 bits per heavy atom. The number of fused-ring (bicyclic) bond motifs is 1. The van der Waals surface area contributed by atoms with Gasteiger partial charge in [0.15, 0.2) is 0 Å². The van der Waals surface area contributed by atoms with Gasteiger partial charge in [-0.3, -0.25) is 0 Å². The first-order valence-electron chi connectivity index (χ1n) is 10.3. The largest absolute Gasteiger partial charge is 0.390 e. The van der Waals surface area contributed by atoms with Crippen molar-refractivity contribution in [3.05, 3.63) is 30.0 Å². The smallest absolute Gasteiger partial charge is 0.244 e. The van der Waals surface area contributed by atoms with Gasteiger partial charge >= 0.3 is 0 Å². The van der Waals surface area contributed by atoms with Crippen molar-refractivity contribution in [2.24, 2.45) is 5.92 Å². The van der Waals surface area contributed by atoms with Crippen LogP contribution in [0.5, 0.6) is 0 Å². The number of hydrogen-bond donors (Lipinski definition) is 4. The Morgan fingerprint density at radius 1 is 1.06 bits per heavy atom. The number of nitrogens with one attached hydrogen (secondary N) is 2. The molecule has 2 fully saturated rings. The van der Waals surface area contributed by atoms with Gasteiger partial charge in [-0.25, -0.2) is 18.7 Å². The summed E-state index contributed by atoms with van der Waals surface area (Å²) in [5.41, 5.74) is 2.21. The van der Waals surface area contributed by atoms with Crippen molar-refractivity contribution in [3.63, 3.8) is 0 Å². The first-order chi connectivity index (χ1) is 14.9. The normalized spacial score (nSPS) is 26.0. The van der Waals surface area contributed by atoms with E-state index in [-0.39, 0.29) is 6.42 Å². The minimum absolute atomic E-state index is 0.0618. The van der Waals surface area contributed by atoms with E-state index in [1.54, 1.807) is 0 Å². The molecule has 0 aliphatic heterocycles. The number of hydrogen-bond acceptors (Lipinski definition) is 8. The highest BCUT2D eigenvalue weighted by molar-refractivity contribution is 7.21. The Kier molecular flexibility index (Phi) is 5.23. The highest BCUT2D eigenvalue weighted by atomic mass is 32.1. The van der Waals surface area contributed by atoms with E-state index < -0.39 is 30.6 Å². The molecule has 31 heavy (non-hydrogen) atoms. The molecule has 3 aromatic rings. The summed E-state index contributed by atoms with van der Waals surface area (Å²) in [6.45, 7) is 1.86. The Bertz CT molecular complexity index is 1070. The molecule has 2 heterocycles. The molecule has 2 saturated carbocycles. The van der Waals surface area contributed by atoms with Gasteiger partial charge in [0.1, 0.15) is 16.9 Å². The fourth-order valence-electron chi connectivity index (χ4n) is 4.02. The molecule has 4 atom stereocenters. The third kappa shape index (κ3) is 3.95. The molecular weight excluding hydrogens is 424 g/mol. The molecule has 10 heteroatoms. The van der Waals surface area contributed by atoms with Crippen molar-refractivity contribution in [1.82, 2.24) is 15.0 Å². The second kappa shape index (κ2) is 7.92. The first kappa shape index (κ1) is 20.5. The second-order valence-electron chi connectivity index (χ2n) is 8.23. The van der Waals surface area contributed by atoms with E-state index in [4.69, 9.17) is 4.98 Å². The summed E-state index contributed by atoms with van der Waals surface area (Å²) < 4.78 is 27.6. The molecule has 0 unspecified atom stereocenters. The predicted molar refractivity (Wildman–Crippen MR) is 116 cm³/mol. The number of alkyl halides is 2. The van der Waals surface area contributed by atoms with Gasteiger partial charge < -0.3 is 20.8 Å². The van der Waals surface area contributed by atoms with E-state index in [0.29, 0.717) is 34.1 Å². The average Bonchev–Trinajstić information content (AvgIpc) is 3.36. The zero-order chi connectivity index (χ0) is 21.7. The van der Waals surface area contributed by atoms with Crippen LogP contribution in [-0.4, -0.2) is 55.9 Å². The third-order valence-corrected chi connectivity index (χ3v) is 6.93. The number of halogens is 2. The minimum atomic E-state index is -2.71. The lowest BCUT2D eigenvalue weighted by Gasteiger charge is -2.21. The molecule has 0 spiro atoms. The molecular formula is C21H23F2N5O2S. The Hall–Kier alpha value is -2.43. The van der Waals surface area contributed by atoms with Crippen LogP contribution in [0.2, 0.25) is 0 Å². The summed E-state index contributed by atoms with van der Waals surface area (Å²) in [5, 5.41) is 27.6. The van der Waals surface area contributed by atoms with E-state index >= 15 is 0 Å². The number of aryl methyl sites for hydroxylation is 1. The standard InChI is InChI=1S/C21H23F2N5O2S/c1-9-15(20-27-12-4-2-3-5-14(12)31-20)19(28-21(24-9)25-10-6-7-10)26-13-8-11(18(22)23)16(29)17(13)30/h2-5,10-11,13,16-18,29-30H,6-8H2,1H3,(H2,24,25,26,28)/t11-,13+,16+,17-/m0/s1. The molecule has 0 saturated heterocycles. The molecule has 4 N–H and O–H groups in total. The maximum absolute atomic E-state index is 13.3. The fraction of sp³-hybridized carbons (Fsp3) is 0.476. The van der Waals surface area contributed by atoms with E-state index in [1.807, 2.05) is 31.2 Å². The van der Waals surface area contributed by atoms with Gasteiger partial charge in [-0.1, -0.05) is 12.1 Å². The quantitative estimate of drug-likeness (QED) is 0.459. The predicted octanol–water partition coefficient (Wildman–Crippen LogP) is 3.42. The summed E-state index contributed by atoms with van der Waals surface area (Å²) >= 11 is 1.49. The minimum Gasteiger partial charge on any atom is -0.390 e. The zero-order valence-electron chi connectivity index (χ0n) is 16.8. The third-order valence-electron chi connectivity index (χ3n) is 5.88. The van der Waals surface area contributed by atoms with E-state index in [9.17, 15) is 19.0 Å². The van der Waals surface area contributed by atoms with Gasteiger partial charge in [-0.15, -0.1) is 11.3 Å². The van der Waals surface area contributed by atoms with Crippen LogP contribution in [-0.2, 0) is 0 Å². The van der Waals surface area contributed by atoms with Crippen molar-refractivity contribution < 1.29 is 19.0 Å². The lowest BCUT2D eigenvalue weighted by molar-refractivity contribution is -0.0333. The van der Waals surface area contributed by atoms with Crippen molar-refractivity contribution in [2.75, 3.05) is 10.6 Å².